The highest BCUT2D eigenvalue weighted by molar-refractivity contribution is 4.75. The van der Waals surface area contributed by atoms with E-state index in [9.17, 15) is 0 Å². The molecule has 1 saturated heterocycles. The van der Waals surface area contributed by atoms with E-state index in [1.54, 1.807) is 0 Å². The molecule has 1 heterocycles. The first-order valence-corrected chi connectivity index (χ1v) is 8.15. The van der Waals surface area contributed by atoms with Crippen LogP contribution >= 0.6 is 0 Å². The van der Waals surface area contributed by atoms with Crippen molar-refractivity contribution in [3.8, 4) is 0 Å². The van der Waals surface area contributed by atoms with Crippen LogP contribution in [-0.2, 0) is 0 Å². The highest BCUT2D eigenvalue weighted by Gasteiger charge is 2.19. The van der Waals surface area contributed by atoms with Gasteiger partial charge in [-0.1, -0.05) is 51.4 Å². The normalized spacial score (nSPS) is 20.7. The molecule has 0 bridgehead atoms. The minimum Gasteiger partial charge on any atom is -0.396 e. The van der Waals surface area contributed by atoms with Crippen molar-refractivity contribution in [2.75, 3.05) is 20.2 Å². The Balaban J connectivity index is 1.76. The third kappa shape index (κ3) is 7.38. The minimum atomic E-state index is 0.371. The highest BCUT2D eigenvalue weighted by Crippen LogP contribution is 2.20. The summed E-state index contributed by atoms with van der Waals surface area (Å²) in [6.45, 7) is 1.69. The Morgan fingerprint density at radius 1 is 0.889 bits per heavy atom. The molecule has 0 aromatic heterocycles. The Hall–Kier alpha value is -0.0800. The molecule has 108 valence electrons. The Morgan fingerprint density at radius 3 is 1.94 bits per heavy atom. The lowest BCUT2D eigenvalue weighted by atomic mass is 10.0. The van der Waals surface area contributed by atoms with Crippen molar-refractivity contribution < 1.29 is 5.11 Å². The molecule has 1 aliphatic heterocycles. The largest absolute Gasteiger partial charge is 0.396 e. The van der Waals surface area contributed by atoms with Crippen molar-refractivity contribution in [1.82, 2.24) is 4.90 Å². The van der Waals surface area contributed by atoms with Crippen molar-refractivity contribution in [2.24, 2.45) is 0 Å². The lowest BCUT2D eigenvalue weighted by molar-refractivity contribution is 0.282. The van der Waals surface area contributed by atoms with Crippen molar-refractivity contribution in [1.29, 1.82) is 0 Å². The van der Waals surface area contributed by atoms with Gasteiger partial charge in [-0.2, -0.15) is 0 Å². The number of nitrogens with zero attached hydrogens (tertiary/aromatic N) is 1. The summed E-state index contributed by atoms with van der Waals surface area (Å²) < 4.78 is 0. The maximum Gasteiger partial charge on any atom is 0.0431 e. The van der Waals surface area contributed by atoms with Gasteiger partial charge in [-0.15, -0.1) is 0 Å². The molecule has 0 unspecified atom stereocenters. The van der Waals surface area contributed by atoms with Crippen LogP contribution in [0.1, 0.15) is 77.0 Å². The van der Waals surface area contributed by atoms with E-state index in [-0.39, 0.29) is 0 Å². The fourth-order valence-corrected chi connectivity index (χ4v) is 3.07. The van der Waals surface area contributed by atoms with Crippen LogP contribution in [0.5, 0.6) is 0 Å². The number of likely N-dealkylation sites (tertiary alicyclic amines) is 1. The van der Waals surface area contributed by atoms with Gasteiger partial charge in [-0.25, -0.2) is 0 Å². The second-order valence-corrected chi connectivity index (χ2v) is 5.97. The van der Waals surface area contributed by atoms with Gasteiger partial charge in [0.25, 0.3) is 0 Å². The molecule has 0 aromatic rings. The number of rotatable bonds is 11. The topological polar surface area (TPSA) is 23.5 Å². The average molecular weight is 255 g/mol. The van der Waals surface area contributed by atoms with Gasteiger partial charge in [0.1, 0.15) is 0 Å². The van der Waals surface area contributed by atoms with Gasteiger partial charge in [-0.05, 0) is 39.3 Å². The van der Waals surface area contributed by atoms with Crippen LogP contribution in [-0.4, -0.2) is 36.2 Å². The molecule has 2 nitrogen and oxygen atoms in total. The fourth-order valence-electron chi connectivity index (χ4n) is 3.07. The van der Waals surface area contributed by atoms with E-state index >= 15 is 0 Å². The summed E-state index contributed by atoms with van der Waals surface area (Å²) in [6, 6.07) is 0.892. The number of aliphatic hydroxyl groups is 1. The maximum atomic E-state index is 8.67. The lowest BCUT2D eigenvalue weighted by Gasteiger charge is -2.18. The molecule has 1 aliphatic rings. The van der Waals surface area contributed by atoms with E-state index in [1.807, 2.05) is 0 Å². The van der Waals surface area contributed by atoms with E-state index < -0.39 is 0 Å². The first-order valence-electron chi connectivity index (χ1n) is 8.15. The van der Waals surface area contributed by atoms with E-state index in [0.717, 1.165) is 12.5 Å². The third-order valence-corrected chi connectivity index (χ3v) is 4.37. The summed E-state index contributed by atoms with van der Waals surface area (Å²) >= 11 is 0. The van der Waals surface area contributed by atoms with Gasteiger partial charge >= 0.3 is 0 Å². The zero-order valence-electron chi connectivity index (χ0n) is 12.4. The lowest BCUT2D eigenvalue weighted by Crippen LogP contribution is -2.24. The van der Waals surface area contributed by atoms with Crippen LogP contribution in [0.3, 0.4) is 0 Å². The fraction of sp³-hybridized carbons (Fsp3) is 1.00. The standard InChI is InChI=1S/C16H33NO/c1-17-14-11-13-16(17)12-9-7-5-3-2-4-6-8-10-15-18/h16,18H,2-15H2,1H3/t16-/m1/s1. The van der Waals surface area contributed by atoms with Crippen LogP contribution in [0.15, 0.2) is 0 Å². The molecular formula is C16H33NO. The molecule has 0 spiro atoms. The van der Waals surface area contributed by atoms with E-state index in [4.69, 9.17) is 5.11 Å². The molecule has 0 amide bonds. The molecule has 1 N–H and O–H groups in total. The van der Waals surface area contributed by atoms with Gasteiger partial charge in [0.2, 0.25) is 0 Å². The SMILES string of the molecule is CN1CCC[C@H]1CCCCCCCCCCCO. The van der Waals surface area contributed by atoms with Gasteiger partial charge in [0, 0.05) is 12.6 Å². The van der Waals surface area contributed by atoms with E-state index in [0.29, 0.717) is 6.61 Å². The predicted molar refractivity (Wildman–Crippen MR) is 78.9 cm³/mol. The highest BCUT2D eigenvalue weighted by atomic mass is 16.2. The molecule has 1 atom stereocenters. The Bertz CT molecular complexity index is 184. The first-order chi connectivity index (χ1) is 8.84. The third-order valence-electron chi connectivity index (χ3n) is 4.37. The quantitative estimate of drug-likeness (QED) is 0.565. The molecular weight excluding hydrogens is 222 g/mol. The van der Waals surface area contributed by atoms with Crippen LogP contribution in [0.2, 0.25) is 0 Å². The Kier molecular flexibility index (Phi) is 9.59. The van der Waals surface area contributed by atoms with Crippen molar-refractivity contribution in [3.05, 3.63) is 0 Å². The molecule has 0 radical (unpaired) electrons. The first kappa shape index (κ1) is 16.0. The summed E-state index contributed by atoms with van der Waals surface area (Å²) in [5.41, 5.74) is 0. The van der Waals surface area contributed by atoms with Gasteiger partial charge in [0.05, 0.1) is 0 Å². The maximum absolute atomic E-state index is 8.67. The summed E-state index contributed by atoms with van der Waals surface area (Å²) in [5, 5.41) is 8.67. The van der Waals surface area contributed by atoms with Crippen LogP contribution < -0.4 is 0 Å². The predicted octanol–water partition coefficient (Wildman–Crippen LogP) is 3.97. The summed E-state index contributed by atoms with van der Waals surface area (Å²) in [7, 11) is 2.28. The second kappa shape index (κ2) is 10.8. The van der Waals surface area contributed by atoms with Gasteiger partial charge < -0.3 is 10.0 Å². The van der Waals surface area contributed by atoms with Gasteiger partial charge in [0.15, 0.2) is 0 Å². The molecule has 0 aromatic carbocycles. The number of aliphatic hydroxyl groups excluding tert-OH is 1. The number of hydrogen-bond acceptors (Lipinski definition) is 2. The second-order valence-electron chi connectivity index (χ2n) is 5.97. The zero-order valence-corrected chi connectivity index (χ0v) is 12.4. The molecule has 1 fully saturated rings. The van der Waals surface area contributed by atoms with Crippen LogP contribution in [0, 0.1) is 0 Å². The smallest absolute Gasteiger partial charge is 0.0431 e. The van der Waals surface area contributed by atoms with E-state index in [1.165, 1.54) is 77.2 Å². The van der Waals surface area contributed by atoms with Gasteiger partial charge in [-0.3, -0.25) is 0 Å². The van der Waals surface area contributed by atoms with Crippen LogP contribution in [0.25, 0.3) is 0 Å². The number of hydrogen-bond donors (Lipinski definition) is 1. The van der Waals surface area contributed by atoms with Crippen molar-refractivity contribution in [2.45, 2.75) is 83.1 Å². The minimum absolute atomic E-state index is 0.371. The molecule has 2 heteroatoms. The number of unbranched alkanes of at least 4 members (excludes halogenated alkanes) is 8. The summed E-state index contributed by atoms with van der Waals surface area (Å²) in [6.07, 6.45) is 16.3. The molecule has 1 rings (SSSR count). The molecule has 18 heavy (non-hydrogen) atoms. The molecule has 0 aliphatic carbocycles. The van der Waals surface area contributed by atoms with E-state index in [2.05, 4.69) is 11.9 Å². The van der Waals surface area contributed by atoms with Crippen LogP contribution in [0.4, 0.5) is 0 Å². The van der Waals surface area contributed by atoms with Crippen molar-refractivity contribution >= 4 is 0 Å². The Labute approximate surface area is 114 Å². The Morgan fingerprint density at radius 2 is 1.44 bits per heavy atom. The monoisotopic (exact) mass is 255 g/mol. The summed E-state index contributed by atoms with van der Waals surface area (Å²) in [4.78, 5) is 2.54. The summed E-state index contributed by atoms with van der Waals surface area (Å²) in [5.74, 6) is 0. The molecule has 0 saturated carbocycles. The average Bonchev–Trinajstić information content (AvgIpc) is 2.77. The van der Waals surface area contributed by atoms with Crippen molar-refractivity contribution in [3.63, 3.8) is 0 Å². The zero-order chi connectivity index (χ0) is 13.1.